The molecule has 2 saturated heterocycles. The maximum atomic E-state index is 12.3. The predicted octanol–water partition coefficient (Wildman–Crippen LogP) is 1.05. The van der Waals surface area contributed by atoms with Crippen LogP contribution in [0.1, 0.15) is 39.5 Å². The first-order valence-corrected chi connectivity index (χ1v) is 9.91. The van der Waals surface area contributed by atoms with Crippen LogP contribution in [0.4, 0.5) is 0 Å². The van der Waals surface area contributed by atoms with Crippen LogP contribution in [-0.2, 0) is 14.6 Å². The lowest BCUT2D eigenvalue weighted by Crippen LogP contribution is -2.48. The quantitative estimate of drug-likeness (QED) is 0.842. The van der Waals surface area contributed by atoms with E-state index in [0.717, 1.165) is 45.3 Å². The van der Waals surface area contributed by atoms with Crippen molar-refractivity contribution >= 4 is 15.7 Å². The van der Waals surface area contributed by atoms with E-state index in [1.807, 2.05) is 0 Å². The van der Waals surface area contributed by atoms with Crippen molar-refractivity contribution in [2.45, 2.75) is 45.6 Å². The molecule has 2 heterocycles. The minimum absolute atomic E-state index is 0.0999. The van der Waals surface area contributed by atoms with Crippen molar-refractivity contribution in [1.29, 1.82) is 0 Å². The summed E-state index contributed by atoms with van der Waals surface area (Å²) in [4.78, 5) is 14.5. The minimum atomic E-state index is -2.87. The molecular weight excluding hydrogens is 288 g/mol. The normalized spacial score (nSPS) is 30.9. The maximum absolute atomic E-state index is 12.3. The third kappa shape index (κ3) is 4.95. The van der Waals surface area contributed by atoms with Crippen LogP contribution >= 0.6 is 0 Å². The zero-order chi connectivity index (χ0) is 15.5. The average molecular weight is 316 g/mol. The van der Waals surface area contributed by atoms with E-state index in [1.165, 1.54) is 0 Å². The highest BCUT2D eigenvalue weighted by Crippen LogP contribution is 2.23. The Bertz CT molecular complexity index is 462. The van der Waals surface area contributed by atoms with Crippen LogP contribution in [0.2, 0.25) is 0 Å². The Balaban J connectivity index is 2.04. The van der Waals surface area contributed by atoms with Crippen LogP contribution in [0.15, 0.2) is 0 Å². The average Bonchev–Trinajstić information content (AvgIpc) is 2.52. The van der Waals surface area contributed by atoms with Gasteiger partial charge in [-0.1, -0.05) is 13.8 Å². The van der Waals surface area contributed by atoms with Gasteiger partial charge in [0.1, 0.15) is 0 Å². The lowest BCUT2D eigenvalue weighted by Gasteiger charge is -2.33. The molecule has 2 aliphatic rings. The van der Waals surface area contributed by atoms with Gasteiger partial charge in [-0.25, -0.2) is 8.42 Å². The molecule has 122 valence electrons. The molecule has 2 atom stereocenters. The lowest BCUT2D eigenvalue weighted by atomic mass is 9.99. The standard InChI is InChI=1S/C15H28N2O3S/c1-12(2)9-14-15(18)16-6-4-7-17(14)10-13-5-3-8-21(19,20)11-13/h12-14H,3-11H2,1-2H3,(H,16,18). The first-order chi connectivity index (χ1) is 9.87. The number of nitrogens with zero attached hydrogens (tertiary/aromatic N) is 1. The molecule has 2 fully saturated rings. The molecule has 0 aliphatic carbocycles. The van der Waals surface area contributed by atoms with Gasteiger partial charge in [-0.2, -0.15) is 0 Å². The van der Waals surface area contributed by atoms with Crippen molar-refractivity contribution in [2.24, 2.45) is 11.8 Å². The fourth-order valence-corrected chi connectivity index (χ4v) is 5.21. The third-order valence-electron chi connectivity index (χ3n) is 4.41. The van der Waals surface area contributed by atoms with E-state index in [0.29, 0.717) is 17.4 Å². The molecule has 0 aromatic rings. The van der Waals surface area contributed by atoms with Crippen molar-refractivity contribution in [2.75, 3.05) is 31.1 Å². The zero-order valence-corrected chi connectivity index (χ0v) is 14.0. The van der Waals surface area contributed by atoms with Gasteiger partial charge in [0.15, 0.2) is 9.84 Å². The van der Waals surface area contributed by atoms with Crippen molar-refractivity contribution in [3.63, 3.8) is 0 Å². The summed E-state index contributed by atoms with van der Waals surface area (Å²) in [5.41, 5.74) is 0. The smallest absolute Gasteiger partial charge is 0.237 e. The van der Waals surface area contributed by atoms with E-state index >= 15 is 0 Å². The first-order valence-electron chi connectivity index (χ1n) is 8.09. The second-order valence-corrected chi connectivity index (χ2v) is 9.14. The van der Waals surface area contributed by atoms with Gasteiger partial charge < -0.3 is 5.32 Å². The lowest BCUT2D eigenvalue weighted by molar-refractivity contribution is -0.126. The number of amides is 1. The number of carbonyl (C=O) groups excluding carboxylic acids is 1. The molecule has 6 heteroatoms. The van der Waals surface area contributed by atoms with Gasteiger partial charge in [-0.15, -0.1) is 0 Å². The highest BCUT2D eigenvalue weighted by Gasteiger charge is 2.32. The van der Waals surface area contributed by atoms with Gasteiger partial charge in [0.05, 0.1) is 17.5 Å². The number of sulfone groups is 1. The zero-order valence-electron chi connectivity index (χ0n) is 13.2. The number of nitrogens with one attached hydrogen (secondary N) is 1. The van der Waals surface area contributed by atoms with Crippen LogP contribution in [0, 0.1) is 11.8 Å². The molecule has 0 spiro atoms. The number of hydrogen-bond acceptors (Lipinski definition) is 4. The largest absolute Gasteiger partial charge is 0.355 e. The highest BCUT2D eigenvalue weighted by atomic mass is 32.2. The summed E-state index contributed by atoms with van der Waals surface area (Å²) in [6.07, 6.45) is 3.51. The molecule has 21 heavy (non-hydrogen) atoms. The number of rotatable bonds is 4. The molecule has 2 unspecified atom stereocenters. The SMILES string of the molecule is CC(C)CC1C(=O)NCCCN1CC1CCCS(=O)(=O)C1. The first kappa shape index (κ1) is 16.7. The summed E-state index contributed by atoms with van der Waals surface area (Å²) in [5.74, 6) is 1.37. The van der Waals surface area contributed by atoms with Gasteiger partial charge in [0.2, 0.25) is 5.91 Å². The molecule has 5 nitrogen and oxygen atoms in total. The van der Waals surface area contributed by atoms with Crippen LogP contribution in [0.5, 0.6) is 0 Å². The summed E-state index contributed by atoms with van der Waals surface area (Å²) >= 11 is 0. The van der Waals surface area contributed by atoms with Gasteiger partial charge >= 0.3 is 0 Å². The van der Waals surface area contributed by atoms with Gasteiger partial charge in [-0.05, 0) is 37.5 Å². The topological polar surface area (TPSA) is 66.5 Å². The Hall–Kier alpha value is -0.620. The van der Waals surface area contributed by atoms with Gasteiger partial charge in [0.25, 0.3) is 0 Å². The molecule has 0 radical (unpaired) electrons. The molecule has 1 N–H and O–H groups in total. The van der Waals surface area contributed by atoms with Gasteiger partial charge in [0, 0.05) is 19.6 Å². The Morgan fingerprint density at radius 1 is 1.33 bits per heavy atom. The van der Waals surface area contributed by atoms with E-state index in [1.54, 1.807) is 0 Å². The van der Waals surface area contributed by atoms with Crippen LogP contribution < -0.4 is 5.32 Å². The monoisotopic (exact) mass is 316 g/mol. The highest BCUT2D eigenvalue weighted by molar-refractivity contribution is 7.91. The van der Waals surface area contributed by atoms with E-state index in [4.69, 9.17) is 0 Å². The minimum Gasteiger partial charge on any atom is -0.355 e. The molecule has 0 aromatic heterocycles. The Morgan fingerprint density at radius 2 is 2.10 bits per heavy atom. The Morgan fingerprint density at radius 3 is 2.76 bits per heavy atom. The number of carbonyl (C=O) groups is 1. The summed E-state index contributed by atoms with van der Waals surface area (Å²) in [5, 5.41) is 2.98. The maximum Gasteiger partial charge on any atom is 0.237 e. The van der Waals surface area contributed by atoms with E-state index < -0.39 is 9.84 Å². The molecule has 2 aliphatic heterocycles. The van der Waals surface area contributed by atoms with Crippen molar-refractivity contribution in [3.8, 4) is 0 Å². The molecular formula is C15H28N2O3S. The van der Waals surface area contributed by atoms with E-state index in [9.17, 15) is 13.2 Å². The number of hydrogen-bond donors (Lipinski definition) is 1. The predicted molar refractivity (Wildman–Crippen MR) is 83.8 cm³/mol. The Kier molecular flexibility index (Phi) is 5.66. The second kappa shape index (κ2) is 7.09. The van der Waals surface area contributed by atoms with Crippen LogP contribution in [0.3, 0.4) is 0 Å². The van der Waals surface area contributed by atoms with Crippen LogP contribution in [0.25, 0.3) is 0 Å². The van der Waals surface area contributed by atoms with Gasteiger partial charge in [-0.3, -0.25) is 9.69 Å². The fraction of sp³-hybridized carbons (Fsp3) is 0.933. The van der Waals surface area contributed by atoms with Crippen molar-refractivity contribution < 1.29 is 13.2 Å². The Labute approximate surface area is 128 Å². The van der Waals surface area contributed by atoms with Crippen molar-refractivity contribution in [1.82, 2.24) is 10.2 Å². The molecule has 0 saturated carbocycles. The molecule has 0 aromatic carbocycles. The van der Waals surface area contributed by atoms with E-state index in [-0.39, 0.29) is 17.9 Å². The second-order valence-electron chi connectivity index (χ2n) is 6.91. The van der Waals surface area contributed by atoms with E-state index in [2.05, 4.69) is 24.1 Å². The summed E-state index contributed by atoms with van der Waals surface area (Å²) in [7, 11) is -2.87. The summed E-state index contributed by atoms with van der Waals surface area (Å²) in [6, 6.07) is -0.0999. The molecule has 2 rings (SSSR count). The molecule has 1 amide bonds. The van der Waals surface area contributed by atoms with Crippen molar-refractivity contribution in [3.05, 3.63) is 0 Å². The third-order valence-corrected chi connectivity index (χ3v) is 6.30. The summed E-state index contributed by atoms with van der Waals surface area (Å²) < 4.78 is 23.6. The summed E-state index contributed by atoms with van der Waals surface area (Å²) in [6.45, 7) is 6.60. The molecule has 0 bridgehead atoms. The van der Waals surface area contributed by atoms with Crippen LogP contribution in [-0.4, -0.2) is 56.4 Å². The fourth-order valence-electron chi connectivity index (χ4n) is 3.45.